The minimum absolute atomic E-state index is 0.100. The summed E-state index contributed by atoms with van der Waals surface area (Å²) in [7, 11) is 7.80. The molecule has 2 aromatic carbocycles. The van der Waals surface area contributed by atoms with Gasteiger partial charge in [0.1, 0.15) is 5.82 Å². The standard InChI is InChI=1S/C44H54BN7O4S/c1-28(47-27-43(5)24-42(4)22-41(2,3)23-44(25-42,26-43)56-19-18-51(6)45)32(20-46)30-14-15-36(49-37(30)39(54)55)52-17-16-29-10-9-11-31(33(29)21-52)38(53)50-40-48-34-12-7-8-13-35(34)57-40/h7-15,20H,16-19,21-27,46H2,1-6H3,(H,54,55)(H,48,50,53)/b32-20+,47-28?. The number of likely N-dealkylation sites (N-methyl/N-ethyl adjacent to an activating group) is 1. The number of hydrogen-bond donors (Lipinski definition) is 3. The number of aromatic carboxylic acids is 1. The number of benzene rings is 2. The van der Waals surface area contributed by atoms with Crippen LogP contribution in [0.15, 0.2) is 65.8 Å². The number of thiazole rings is 1. The van der Waals surface area contributed by atoms with Crippen molar-refractivity contribution in [3.8, 4) is 0 Å². The predicted octanol–water partition coefficient (Wildman–Crippen LogP) is 7.75. The van der Waals surface area contributed by atoms with Crippen molar-refractivity contribution in [2.24, 2.45) is 27.0 Å². The number of carboxylic acid groups (broad SMARTS) is 1. The van der Waals surface area contributed by atoms with Crippen LogP contribution in [0.2, 0.25) is 0 Å². The summed E-state index contributed by atoms with van der Waals surface area (Å²) in [6.07, 6.45) is 7.13. The number of carbonyl (C=O) groups excluding carboxylic acids is 1. The fourth-order valence-electron chi connectivity index (χ4n) is 10.7. The number of nitrogens with one attached hydrogen (secondary N) is 1. The summed E-state index contributed by atoms with van der Waals surface area (Å²) in [6, 6.07) is 17.1. The van der Waals surface area contributed by atoms with Crippen molar-refractivity contribution >= 4 is 63.6 Å². The first kappa shape index (κ1) is 40.6. The van der Waals surface area contributed by atoms with Gasteiger partial charge in [-0.15, -0.1) is 0 Å². The second-order valence-corrected chi connectivity index (χ2v) is 19.1. The van der Waals surface area contributed by atoms with E-state index in [0.29, 0.717) is 72.6 Å². The Bertz CT molecular complexity index is 2220. The number of hydrogen-bond acceptors (Lipinski definition) is 10. The number of rotatable bonds is 12. The molecule has 298 valence electrons. The fourth-order valence-corrected chi connectivity index (χ4v) is 11.5. The Labute approximate surface area is 341 Å². The van der Waals surface area contributed by atoms with E-state index in [-0.39, 0.29) is 33.4 Å². The lowest BCUT2D eigenvalue weighted by Gasteiger charge is -2.61. The Morgan fingerprint density at radius 1 is 1.04 bits per heavy atom. The topological polar surface area (TPSA) is 146 Å². The molecule has 3 atom stereocenters. The molecule has 0 spiro atoms. The van der Waals surface area contributed by atoms with Crippen LogP contribution >= 0.6 is 11.3 Å². The fraction of sp³-hybridized carbons (Fsp3) is 0.477. The van der Waals surface area contributed by atoms with Gasteiger partial charge in [0.25, 0.3) is 5.91 Å². The van der Waals surface area contributed by atoms with Crippen LogP contribution in [0.3, 0.4) is 0 Å². The molecule has 4 N–H and O–H groups in total. The lowest BCUT2D eigenvalue weighted by molar-refractivity contribution is -0.189. The predicted molar refractivity (Wildman–Crippen MR) is 230 cm³/mol. The number of aromatic nitrogens is 2. The minimum Gasteiger partial charge on any atom is -0.476 e. The van der Waals surface area contributed by atoms with E-state index in [0.717, 1.165) is 53.4 Å². The summed E-state index contributed by atoms with van der Waals surface area (Å²) in [5.41, 5.74) is 11.0. The van der Waals surface area contributed by atoms with E-state index in [9.17, 15) is 14.7 Å². The van der Waals surface area contributed by atoms with Gasteiger partial charge in [0, 0.05) is 54.8 Å². The van der Waals surface area contributed by atoms with E-state index in [1.165, 1.54) is 17.5 Å². The summed E-state index contributed by atoms with van der Waals surface area (Å²) >= 11 is 1.43. The van der Waals surface area contributed by atoms with Gasteiger partial charge < -0.3 is 25.3 Å². The molecule has 13 heteroatoms. The highest BCUT2D eigenvalue weighted by Gasteiger charge is 2.57. The normalized spacial score (nSPS) is 24.7. The lowest BCUT2D eigenvalue weighted by atomic mass is 9.48. The molecule has 4 aromatic rings. The number of allylic oxidation sites excluding steroid dienone is 1. The number of carbonyl (C=O) groups is 2. The zero-order chi connectivity index (χ0) is 40.8. The molecule has 7 rings (SSSR count). The van der Waals surface area contributed by atoms with E-state index in [2.05, 4.69) is 38.0 Å². The smallest absolute Gasteiger partial charge is 0.355 e. The summed E-state index contributed by atoms with van der Waals surface area (Å²) in [6.45, 7) is 14.1. The quantitative estimate of drug-likeness (QED) is 0.0969. The number of anilines is 2. The molecule has 1 amide bonds. The lowest BCUT2D eigenvalue weighted by Crippen LogP contribution is -2.57. The van der Waals surface area contributed by atoms with E-state index >= 15 is 0 Å². The van der Waals surface area contributed by atoms with Gasteiger partial charge in [-0.2, -0.15) is 0 Å². The van der Waals surface area contributed by atoms with Gasteiger partial charge in [-0.3, -0.25) is 15.1 Å². The molecule has 2 bridgehead atoms. The zero-order valence-electron chi connectivity index (χ0n) is 34.0. The molecular formula is C44H54BN7O4S. The number of nitrogens with zero attached hydrogens (tertiary/aromatic N) is 5. The maximum Gasteiger partial charge on any atom is 0.355 e. The van der Waals surface area contributed by atoms with Crippen LogP contribution in [0.25, 0.3) is 15.8 Å². The summed E-state index contributed by atoms with van der Waals surface area (Å²) < 4.78 is 7.77. The molecule has 3 aliphatic rings. The molecule has 2 saturated carbocycles. The van der Waals surface area contributed by atoms with Crippen LogP contribution in [0, 0.1) is 16.2 Å². The number of amides is 1. The van der Waals surface area contributed by atoms with Gasteiger partial charge >= 0.3 is 5.97 Å². The van der Waals surface area contributed by atoms with E-state index in [1.54, 1.807) is 10.9 Å². The van der Waals surface area contributed by atoms with Gasteiger partial charge in [-0.1, -0.05) is 63.3 Å². The molecule has 3 heterocycles. The van der Waals surface area contributed by atoms with Gasteiger partial charge in [0.15, 0.2) is 18.8 Å². The average molecular weight is 788 g/mol. The van der Waals surface area contributed by atoms with E-state index < -0.39 is 5.97 Å². The molecule has 2 fully saturated rings. The van der Waals surface area contributed by atoms with Crippen LogP contribution in [0.4, 0.5) is 10.9 Å². The molecule has 1 aliphatic heterocycles. The van der Waals surface area contributed by atoms with Crippen molar-refractivity contribution < 1.29 is 19.4 Å². The van der Waals surface area contributed by atoms with Crippen molar-refractivity contribution in [1.82, 2.24) is 14.8 Å². The van der Waals surface area contributed by atoms with Gasteiger partial charge in [0.2, 0.25) is 0 Å². The van der Waals surface area contributed by atoms with Crippen LogP contribution in [-0.4, -0.2) is 84.3 Å². The first-order chi connectivity index (χ1) is 27.0. The van der Waals surface area contributed by atoms with Crippen molar-refractivity contribution in [1.29, 1.82) is 0 Å². The number of carboxylic acids is 1. The molecule has 2 aliphatic carbocycles. The number of nitrogens with two attached hydrogens (primary N) is 1. The monoisotopic (exact) mass is 787 g/mol. The highest BCUT2D eigenvalue weighted by atomic mass is 32.1. The summed E-state index contributed by atoms with van der Waals surface area (Å²) in [4.78, 5) is 44.5. The minimum atomic E-state index is -1.16. The summed E-state index contributed by atoms with van der Waals surface area (Å²) in [5.74, 6) is -0.880. The third-order valence-corrected chi connectivity index (χ3v) is 12.8. The Kier molecular flexibility index (Phi) is 11.1. The number of aliphatic imine (C=N–C) groups is 1. The third kappa shape index (κ3) is 8.80. The Balaban J connectivity index is 1.10. The molecule has 11 nitrogen and oxygen atoms in total. The highest BCUT2D eigenvalue weighted by molar-refractivity contribution is 7.22. The van der Waals surface area contributed by atoms with Gasteiger partial charge in [0.05, 0.1) is 22.4 Å². The second kappa shape index (κ2) is 15.6. The zero-order valence-corrected chi connectivity index (χ0v) is 34.8. The first-order valence-corrected chi connectivity index (χ1v) is 20.6. The van der Waals surface area contributed by atoms with Crippen molar-refractivity contribution in [3.05, 3.63) is 88.7 Å². The molecular weight excluding hydrogens is 733 g/mol. The average Bonchev–Trinajstić information content (AvgIpc) is 3.54. The highest BCUT2D eigenvalue weighted by Crippen LogP contribution is 2.63. The van der Waals surface area contributed by atoms with Crippen LogP contribution in [0.1, 0.15) is 104 Å². The Morgan fingerprint density at radius 3 is 2.56 bits per heavy atom. The third-order valence-electron chi connectivity index (χ3n) is 11.9. The number of ether oxygens (including phenoxy) is 1. The van der Waals surface area contributed by atoms with Crippen LogP contribution in [-0.2, 0) is 17.7 Å². The van der Waals surface area contributed by atoms with Crippen LogP contribution < -0.4 is 16.0 Å². The van der Waals surface area contributed by atoms with Crippen molar-refractivity contribution in [2.75, 3.05) is 43.5 Å². The molecule has 2 aromatic heterocycles. The molecule has 2 radical (unpaired) electrons. The second-order valence-electron chi connectivity index (χ2n) is 18.1. The van der Waals surface area contributed by atoms with E-state index in [1.807, 2.05) is 67.4 Å². The number of fused-ring (bicyclic) bond motifs is 4. The maximum absolute atomic E-state index is 13.6. The number of para-hydroxylation sites is 1. The first-order valence-electron chi connectivity index (χ1n) is 19.8. The largest absolute Gasteiger partial charge is 0.476 e. The molecule has 57 heavy (non-hydrogen) atoms. The van der Waals surface area contributed by atoms with Gasteiger partial charge in [-0.25, -0.2) is 14.8 Å². The van der Waals surface area contributed by atoms with Crippen LogP contribution in [0.5, 0.6) is 0 Å². The van der Waals surface area contributed by atoms with E-state index in [4.69, 9.17) is 28.4 Å². The van der Waals surface area contributed by atoms with Crippen molar-refractivity contribution in [3.63, 3.8) is 0 Å². The number of pyridine rings is 1. The molecule has 0 saturated heterocycles. The molecule has 3 unspecified atom stereocenters. The maximum atomic E-state index is 13.6. The Morgan fingerprint density at radius 2 is 1.82 bits per heavy atom. The Hall–Kier alpha value is -4.59. The van der Waals surface area contributed by atoms with Crippen molar-refractivity contribution in [2.45, 2.75) is 85.3 Å². The van der Waals surface area contributed by atoms with Gasteiger partial charge in [-0.05, 0) is 110 Å². The summed E-state index contributed by atoms with van der Waals surface area (Å²) in [5, 5.41) is 14.0. The SMILES string of the molecule is [B]N(C)CCOC12CC(C)(C)CC(C)(CC(C)(CN=C(C)/C(=C\N)c3ccc(N4CCc5cccc(C(=O)Nc6nc7ccccc7s6)c5C4)nc3C(=O)O)C1)C2.